The van der Waals surface area contributed by atoms with Crippen LogP contribution in [0.25, 0.3) is 10.1 Å². The molecule has 0 atom stereocenters. The molecule has 0 aliphatic carbocycles. The van der Waals surface area contributed by atoms with Crippen molar-refractivity contribution in [2.75, 3.05) is 13.2 Å². The highest BCUT2D eigenvalue weighted by atomic mass is 32.1. The quantitative estimate of drug-likeness (QED) is 0.734. The molecule has 1 aliphatic heterocycles. The summed E-state index contributed by atoms with van der Waals surface area (Å²) in [5.74, 6) is 0. The van der Waals surface area contributed by atoms with Crippen LogP contribution in [0.1, 0.15) is 16.7 Å². The Morgan fingerprint density at radius 3 is 2.80 bits per heavy atom. The zero-order chi connectivity index (χ0) is 10.3. The van der Waals surface area contributed by atoms with Crippen molar-refractivity contribution in [2.45, 2.75) is 13.2 Å². The molecule has 1 aromatic heterocycles. The fraction of sp³-hybridized carbons (Fsp3) is 0.333. The molecule has 1 aromatic carbocycles. The normalized spacial score (nSPS) is 17.7. The minimum atomic E-state index is -0.158. The van der Waals surface area contributed by atoms with Crippen LogP contribution in [0, 0.1) is 6.92 Å². The molecule has 0 spiro atoms. The molecular weight excluding hydrogens is 208 g/mol. The average molecular weight is 220 g/mol. The van der Waals surface area contributed by atoms with Crippen LogP contribution in [0.5, 0.6) is 0 Å². The van der Waals surface area contributed by atoms with Crippen molar-refractivity contribution in [2.24, 2.45) is 0 Å². The van der Waals surface area contributed by atoms with Crippen LogP contribution in [-0.4, -0.2) is 13.2 Å². The zero-order valence-electron chi connectivity index (χ0n) is 8.53. The van der Waals surface area contributed by atoms with Crippen molar-refractivity contribution in [3.63, 3.8) is 0 Å². The monoisotopic (exact) mass is 220 g/mol. The maximum absolute atomic E-state index is 5.48. The number of rotatable bonds is 1. The van der Waals surface area contributed by atoms with E-state index in [1.807, 2.05) is 11.3 Å². The molecule has 2 nitrogen and oxygen atoms in total. The fourth-order valence-electron chi connectivity index (χ4n) is 1.89. The SMILES string of the molecule is Cc1cc2cc(C3OCCO3)ccc2s1. The van der Waals surface area contributed by atoms with E-state index in [-0.39, 0.29) is 6.29 Å². The third-order valence-electron chi connectivity index (χ3n) is 2.56. The molecule has 3 heteroatoms. The van der Waals surface area contributed by atoms with E-state index < -0.39 is 0 Å². The van der Waals surface area contributed by atoms with Crippen LogP contribution in [0.2, 0.25) is 0 Å². The molecule has 0 bridgehead atoms. The van der Waals surface area contributed by atoms with E-state index in [1.54, 1.807) is 0 Å². The number of hydrogen-bond acceptors (Lipinski definition) is 3. The number of hydrogen-bond donors (Lipinski definition) is 0. The molecule has 15 heavy (non-hydrogen) atoms. The van der Waals surface area contributed by atoms with Crippen molar-refractivity contribution >= 4 is 21.4 Å². The van der Waals surface area contributed by atoms with Crippen molar-refractivity contribution < 1.29 is 9.47 Å². The van der Waals surface area contributed by atoms with Gasteiger partial charge in [-0.1, -0.05) is 6.07 Å². The summed E-state index contributed by atoms with van der Waals surface area (Å²) in [5, 5.41) is 1.29. The van der Waals surface area contributed by atoms with Gasteiger partial charge in [-0.25, -0.2) is 0 Å². The van der Waals surface area contributed by atoms with Crippen molar-refractivity contribution in [1.82, 2.24) is 0 Å². The van der Waals surface area contributed by atoms with E-state index in [0.29, 0.717) is 13.2 Å². The molecular formula is C12H12O2S. The second-order valence-electron chi connectivity index (χ2n) is 3.73. The van der Waals surface area contributed by atoms with Crippen molar-refractivity contribution in [3.05, 3.63) is 34.7 Å². The smallest absolute Gasteiger partial charge is 0.184 e. The van der Waals surface area contributed by atoms with Crippen molar-refractivity contribution in [3.8, 4) is 0 Å². The first kappa shape index (κ1) is 9.33. The van der Waals surface area contributed by atoms with Gasteiger partial charge in [-0.2, -0.15) is 0 Å². The second kappa shape index (κ2) is 3.59. The first-order valence-corrected chi connectivity index (χ1v) is 5.88. The molecule has 0 saturated carbocycles. The van der Waals surface area contributed by atoms with E-state index in [4.69, 9.17) is 9.47 Å². The van der Waals surface area contributed by atoms with Crippen LogP contribution in [0.3, 0.4) is 0 Å². The summed E-state index contributed by atoms with van der Waals surface area (Å²) in [5.41, 5.74) is 1.12. The molecule has 1 fully saturated rings. The van der Waals surface area contributed by atoms with Crippen LogP contribution >= 0.6 is 11.3 Å². The maximum Gasteiger partial charge on any atom is 0.184 e. The largest absolute Gasteiger partial charge is 0.346 e. The third-order valence-corrected chi connectivity index (χ3v) is 3.59. The van der Waals surface area contributed by atoms with Gasteiger partial charge in [0.05, 0.1) is 13.2 Å². The topological polar surface area (TPSA) is 18.5 Å². The van der Waals surface area contributed by atoms with E-state index in [1.165, 1.54) is 15.0 Å². The lowest BCUT2D eigenvalue weighted by molar-refractivity contribution is -0.0440. The fourth-order valence-corrected chi connectivity index (χ4v) is 2.80. The maximum atomic E-state index is 5.48. The lowest BCUT2D eigenvalue weighted by Gasteiger charge is -2.08. The summed E-state index contributed by atoms with van der Waals surface area (Å²) < 4.78 is 12.3. The predicted molar refractivity (Wildman–Crippen MR) is 61.2 cm³/mol. The van der Waals surface area contributed by atoms with Gasteiger partial charge in [0, 0.05) is 15.1 Å². The van der Waals surface area contributed by atoms with Gasteiger partial charge in [-0.05, 0) is 30.5 Å². The number of benzene rings is 1. The van der Waals surface area contributed by atoms with E-state index in [2.05, 4.69) is 31.2 Å². The number of aryl methyl sites for hydroxylation is 1. The Labute approximate surface area is 92.4 Å². The summed E-state index contributed by atoms with van der Waals surface area (Å²) in [4.78, 5) is 1.34. The highest BCUT2D eigenvalue weighted by Gasteiger charge is 2.18. The number of fused-ring (bicyclic) bond motifs is 1. The van der Waals surface area contributed by atoms with Crippen LogP contribution in [0.4, 0.5) is 0 Å². The predicted octanol–water partition coefficient (Wildman–Crippen LogP) is 3.26. The first-order chi connectivity index (χ1) is 7.33. The number of ether oxygens (including phenoxy) is 2. The summed E-state index contributed by atoms with van der Waals surface area (Å²) in [6.45, 7) is 3.53. The first-order valence-electron chi connectivity index (χ1n) is 5.06. The van der Waals surface area contributed by atoms with Gasteiger partial charge in [0.15, 0.2) is 6.29 Å². The lowest BCUT2D eigenvalue weighted by atomic mass is 10.1. The molecule has 0 amide bonds. The minimum absolute atomic E-state index is 0.158. The Morgan fingerprint density at radius 2 is 2.00 bits per heavy atom. The summed E-state index contributed by atoms with van der Waals surface area (Å²) in [7, 11) is 0. The molecule has 2 aromatic rings. The van der Waals surface area contributed by atoms with Gasteiger partial charge in [0.2, 0.25) is 0 Å². The zero-order valence-corrected chi connectivity index (χ0v) is 9.34. The molecule has 1 aliphatic rings. The molecule has 3 rings (SSSR count). The molecule has 78 valence electrons. The average Bonchev–Trinajstić information content (AvgIpc) is 2.82. The van der Waals surface area contributed by atoms with Gasteiger partial charge < -0.3 is 9.47 Å². The van der Waals surface area contributed by atoms with Crippen LogP contribution in [0.15, 0.2) is 24.3 Å². The summed E-state index contributed by atoms with van der Waals surface area (Å²) >= 11 is 1.82. The summed E-state index contributed by atoms with van der Waals surface area (Å²) in [6, 6.07) is 8.61. The van der Waals surface area contributed by atoms with Gasteiger partial charge in [-0.3, -0.25) is 0 Å². The standard InChI is InChI=1S/C12H12O2S/c1-8-6-10-7-9(2-3-11(10)15-8)12-13-4-5-14-12/h2-3,6-7,12H,4-5H2,1H3. The van der Waals surface area contributed by atoms with Gasteiger partial charge in [0.1, 0.15) is 0 Å². The molecule has 1 saturated heterocycles. The van der Waals surface area contributed by atoms with Gasteiger partial charge in [-0.15, -0.1) is 11.3 Å². The minimum Gasteiger partial charge on any atom is -0.346 e. The molecule has 0 unspecified atom stereocenters. The summed E-state index contributed by atoms with van der Waals surface area (Å²) in [6.07, 6.45) is -0.158. The van der Waals surface area contributed by atoms with Crippen molar-refractivity contribution in [1.29, 1.82) is 0 Å². The van der Waals surface area contributed by atoms with Gasteiger partial charge >= 0.3 is 0 Å². The Hall–Kier alpha value is -0.900. The van der Waals surface area contributed by atoms with Crippen LogP contribution < -0.4 is 0 Å². The molecule has 2 heterocycles. The Balaban J connectivity index is 2.04. The van der Waals surface area contributed by atoms with Gasteiger partial charge in [0.25, 0.3) is 0 Å². The highest BCUT2D eigenvalue weighted by Crippen LogP contribution is 2.30. The second-order valence-corrected chi connectivity index (χ2v) is 5.02. The molecule has 0 N–H and O–H groups in total. The lowest BCUT2D eigenvalue weighted by Crippen LogP contribution is -1.96. The number of thiophene rings is 1. The molecule has 0 radical (unpaired) electrons. The Kier molecular flexibility index (Phi) is 2.24. The van der Waals surface area contributed by atoms with E-state index in [9.17, 15) is 0 Å². The van der Waals surface area contributed by atoms with E-state index >= 15 is 0 Å². The van der Waals surface area contributed by atoms with E-state index in [0.717, 1.165) is 5.56 Å². The highest BCUT2D eigenvalue weighted by molar-refractivity contribution is 7.19. The Morgan fingerprint density at radius 1 is 1.20 bits per heavy atom. The Bertz CT molecular complexity index is 483. The third kappa shape index (κ3) is 1.67. The van der Waals surface area contributed by atoms with Crippen LogP contribution in [-0.2, 0) is 9.47 Å².